The molecule has 2 aliphatic rings. The van der Waals surface area contributed by atoms with E-state index in [1.165, 1.54) is 0 Å². The van der Waals surface area contributed by atoms with Gasteiger partial charge in [0, 0.05) is 68.6 Å². The first-order valence-electron chi connectivity index (χ1n) is 22.6. The molecule has 398 valence electrons. The maximum atomic E-state index is 16.2. The molecule has 2 aliphatic heterocycles. The zero-order valence-electron chi connectivity index (χ0n) is 40.7. The van der Waals surface area contributed by atoms with E-state index in [4.69, 9.17) is 0 Å². The molecule has 0 radical (unpaired) electrons. The van der Waals surface area contributed by atoms with Crippen molar-refractivity contribution in [3.05, 3.63) is 181 Å². The van der Waals surface area contributed by atoms with E-state index in [0.29, 0.717) is 0 Å². The van der Waals surface area contributed by atoms with E-state index in [1.54, 1.807) is 41.5 Å². The third-order valence-electron chi connectivity index (χ3n) is 12.9. The number of nitrogens with zero attached hydrogens (tertiary/aromatic N) is 6. The Morgan fingerprint density at radius 1 is 0.346 bits per heavy atom. The van der Waals surface area contributed by atoms with Gasteiger partial charge in [-0.05, 0) is 70.5 Å². The lowest BCUT2D eigenvalue weighted by Crippen LogP contribution is -2.13. The Labute approximate surface area is 429 Å². The molecule has 0 aliphatic carbocycles. The molecule has 0 saturated heterocycles. The van der Waals surface area contributed by atoms with Gasteiger partial charge in [-0.3, -0.25) is 40.5 Å². The summed E-state index contributed by atoms with van der Waals surface area (Å²) in [6, 6.07) is 7.77. The minimum Gasteiger partial charge on any atom is -0.354 e. The number of aromatic amines is 2. The number of hydrogen-bond acceptors (Lipinski definition) is 10. The van der Waals surface area contributed by atoms with Gasteiger partial charge in [-0.1, -0.05) is 41.5 Å². The molecule has 2 N–H and O–H groups in total. The second-order valence-corrected chi connectivity index (χ2v) is 19.7. The normalized spacial score (nSPS) is 12.4. The largest absolute Gasteiger partial charge is 0.354 e. The second-order valence-electron chi connectivity index (χ2n) is 19.7. The monoisotopic (exact) mass is 1090 g/mol. The Morgan fingerprint density at radius 3 is 0.756 bits per heavy atom. The van der Waals surface area contributed by atoms with Gasteiger partial charge in [-0.2, -0.15) is 0 Å². The van der Waals surface area contributed by atoms with E-state index in [2.05, 4.69) is 19.9 Å². The third-order valence-corrected chi connectivity index (χ3v) is 12.9. The fourth-order valence-corrected chi connectivity index (χ4v) is 9.08. The highest BCUT2D eigenvalue weighted by atomic mass is 19.2. The van der Waals surface area contributed by atoms with E-state index in [1.807, 2.05) is 0 Å². The zero-order valence-corrected chi connectivity index (χ0v) is 40.7. The minimum atomic E-state index is -2.63. The first kappa shape index (κ1) is 53.2. The topological polar surface area (TPSA) is 230 Å². The molecule has 78 heavy (non-hydrogen) atoms. The van der Waals surface area contributed by atoms with Crippen molar-refractivity contribution in [2.45, 2.75) is 52.4 Å². The van der Waals surface area contributed by atoms with Gasteiger partial charge in [0.2, 0.25) is 11.6 Å². The highest BCUT2D eigenvalue weighted by molar-refractivity contribution is 6.04. The molecular weight excluding hydrogens is 1050 g/mol. The lowest BCUT2D eigenvalue weighted by atomic mass is 9.84. The molecule has 5 heterocycles. The van der Waals surface area contributed by atoms with Crippen LogP contribution in [0, 0.1) is 98.6 Å². The van der Waals surface area contributed by atoms with Crippen LogP contribution in [0.4, 0.5) is 66.7 Å². The number of nitrogens with one attached hydrogen (secondary N) is 2. The summed E-state index contributed by atoms with van der Waals surface area (Å²) in [5.74, 6) is -25.2. The molecule has 0 spiro atoms. The predicted octanol–water partition coefficient (Wildman–Crippen LogP) is 14.9. The number of aromatic nitrogens is 4. The standard InChI is InChI=1S/C52H32F10N8O8/c1-51(2,3)19-15-29(67(71)72)37(30(16-19)68(73)74)33-21-7-8-22(63-21)34(38-31(69(75)76)17-20(52(4,5)6)18-32(38)70(77)78)24-10-12-26(65-24)36(40-43(55)47(59)50(62)48(60)44(40)56)28-14-13-27(66-28)35(25-11-9-23(33)64-25)39-41(53)45(57)49(61)46(58)42(39)54/h7-18,64-65H,1-6H3. The Kier molecular flexibility index (Phi) is 12.7. The van der Waals surface area contributed by atoms with Crippen molar-refractivity contribution in [2.75, 3.05) is 0 Å². The molecule has 7 aromatic rings. The van der Waals surface area contributed by atoms with Crippen LogP contribution in [0.25, 0.3) is 90.9 Å². The van der Waals surface area contributed by atoms with Gasteiger partial charge in [0.05, 0.1) is 53.6 Å². The van der Waals surface area contributed by atoms with Crippen LogP contribution in [0.2, 0.25) is 0 Å². The number of nitro groups is 4. The molecule has 26 heteroatoms. The summed E-state index contributed by atoms with van der Waals surface area (Å²) in [5, 5.41) is 52.7. The number of rotatable bonds is 8. The molecule has 3 aromatic heterocycles. The van der Waals surface area contributed by atoms with Crippen LogP contribution >= 0.6 is 0 Å². The van der Waals surface area contributed by atoms with E-state index < -0.39 is 201 Å². The lowest BCUT2D eigenvalue weighted by Gasteiger charge is -2.19. The fourth-order valence-electron chi connectivity index (χ4n) is 9.08. The van der Waals surface area contributed by atoms with Crippen molar-refractivity contribution in [3.8, 4) is 44.5 Å². The average molecular weight is 1090 g/mol. The van der Waals surface area contributed by atoms with Gasteiger partial charge in [0.15, 0.2) is 46.5 Å². The summed E-state index contributed by atoms with van der Waals surface area (Å²) >= 11 is 0. The smallest absolute Gasteiger partial charge is 0.284 e. The summed E-state index contributed by atoms with van der Waals surface area (Å²) in [7, 11) is 0. The summed E-state index contributed by atoms with van der Waals surface area (Å²) in [4.78, 5) is 62.8. The van der Waals surface area contributed by atoms with Gasteiger partial charge < -0.3 is 9.97 Å². The highest BCUT2D eigenvalue weighted by Crippen LogP contribution is 2.49. The molecule has 0 saturated carbocycles. The number of hydrogen-bond donors (Lipinski definition) is 2. The molecule has 16 nitrogen and oxygen atoms in total. The highest BCUT2D eigenvalue weighted by Gasteiger charge is 2.38. The molecule has 0 amide bonds. The van der Waals surface area contributed by atoms with E-state index >= 15 is 35.1 Å². The fraction of sp³-hybridized carbons (Fsp3) is 0.154. The van der Waals surface area contributed by atoms with Crippen molar-refractivity contribution in [3.63, 3.8) is 0 Å². The quantitative estimate of drug-likeness (QED) is 0.0480. The maximum absolute atomic E-state index is 16.2. The summed E-state index contributed by atoms with van der Waals surface area (Å²) in [6.45, 7) is 9.48. The first-order chi connectivity index (χ1) is 36.4. The Balaban J connectivity index is 1.63. The number of fused-ring (bicyclic) bond motifs is 8. The van der Waals surface area contributed by atoms with Gasteiger partial charge in [-0.25, -0.2) is 53.9 Å². The van der Waals surface area contributed by atoms with Crippen molar-refractivity contribution >= 4 is 69.1 Å². The van der Waals surface area contributed by atoms with Crippen molar-refractivity contribution in [1.29, 1.82) is 0 Å². The van der Waals surface area contributed by atoms with Crippen LogP contribution in [0.15, 0.2) is 48.5 Å². The predicted molar refractivity (Wildman–Crippen MR) is 264 cm³/mol. The van der Waals surface area contributed by atoms with E-state index in [-0.39, 0.29) is 11.1 Å². The third kappa shape index (κ3) is 8.53. The van der Waals surface area contributed by atoms with Crippen molar-refractivity contribution < 1.29 is 63.6 Å². The second kappa shape index (κ2) is 18.6. The summed E-state index contributed by atoms with van der Waals surface area (Å²) < 4.78 is 155. The van der Waals surface area contributed by atoms with Gasteiger partial charge in [0.1, 0.15) is 11.1 Å². The molecule has 9 rings (SSSR count). The number of benzene rings is 4. The van der Waals surface area contributed by atoms with Crippen molar-refractivity contribution in [1.82, 2.24) is 19.9 Å². The number of H-pyrrole nitrogens is 2. The zero-order chi connectivity index (χ0) is 57.1. The van der Waals surface area contributed by atoms with Crippen molar-refractivity contribution in [2.24, 2.45) is 0 Å². The van der Waals surface area contributed by atoms with Crippen LogP contribution in [-0.4, -0.2) is 39.6 Å². The SMILES string of the molecule is CC(C)(C)c1cc([N+](=O)[O-])c(-c2c3nc(c(-c4c([N+](=O)[O-])cc(C(C)(C)C)cc4[N+](=O)[O-])c4ccc([nH]4)c(-c4c(F)c(F)c(F)c(F)c4F)c4nc(c(-c5c(F)c(F)c(F)c(F)c5F)c5ccc2[nH]5)C=C4)C=C3)c([N+](=O)[O-])c1. The minimum absolute atomic E-state index is 0.0559. The Bertz CT molecular complexity index is 3770. The number of nitro benzene ring substituents is 4. The molecule has 0 unspecified atom stereocenters. The Morgan fingerprint density at radius 2 is 0.551 bits per heavy atom. The van der Waals surface area contributed by atoms with Gasteiger partial charge in [0.25, 0.3) is 22.7 Å². The van der Waals surface area contributed by atoms with E-state index in [0.717, 1.165) is 72.8 Å². The van der Waals surface area contributed by atoms with Crippen LogP contribution in [0.3, 0.4) is 0 Å². The maximum Gasteiger partial charge on any atom is 0.284 e. The Hall–Kier alpha value is -9.62. The molecule has 4 aromatic carbocycles. The first-order valence-corrected chi connectivity index (χ1v) is 22.6. The summed E-state index contributed by atoms with van der Waals surface area (Å²) in [6.07, 6.45) is 3.64. The van der Waals surface area contributed by atoms with Crippen LogP contribution in [-0.2, 0) is 10.8 Å². The molecule has 8 bridgehead atoms. The van der Waals surface area contributed by atoms with Crippen LogP contribution in [0.1, 0.15) is 75.4 Å². The van der Waals surface area contributed by atoms with E-state index in [9.17, 15) is 49.2 Å². The van der Waals surface area contributed by atoms with Crippen LogP contribution < -0.4 is 0 Å². The van der Waals surface area contributed by atoms with Crippen LogP contribution in [0.5, 0.6) is 0 Å². The average Bonchev–Trinajstić information content (AvgIpc) is 4.36. The number of halogens is 10. The summed E-state index contributed by atoms with van der Waals surface area (Å²) in [5.41, 5.74) is -19.4. The molecular formula is C52H32F10N8O8. The lowest BCUT2D eigenvalue weighted by molar-refractivity contribution is -0.393. The van der Waals surface area contributed by atoms with Gasteiger partial charge >= 0.3 is 0 Å². The molecule has 0 fully saturated rings. The molecule has 0 atom stereocenters. The van der Waals surface area contributed by atoms with Gasteiger partial charge in [-0.15, -0.1) is 0 Å².